The first kappa shape index (κ1) is 10.4. The molecule has 0 N–H and O–H groups in total. The zero-order valence-corrected chi connectivity index (χ0v) is 8.66. The van der Waals surface area contributed by atoms with Crippen molar-refractivity contribution in [3.8, 4) is 5.40 Å². The minimum absolute atomic E-state index is 0.0865. The van der Waals surface area contributed by atoms with Crippen molar-refractivity contribution >= 4 is 31.3 Å². The summed E-state index contributed by atoms with van der Waals surface area (Å²) in [4.78, 5) is 0.0865. The number of halogens is 1. The van der Waals surface area contributed by atoms with Crippen LogP contribution < -0.4 is 0 Å². The molecule has 0 radical (unpaired) electrons. The van der Waals surface area contributed by atoms with Crippen molar-refractivity contribution < 1.29 is 8.42 Å². The molecular formula is C7H4ClNO2S2. The van der Waals surface area contributed by atoms with Crippen LogP contribution in [0.5, 0.6) is 0 Å². The average molecular weight is 234 g/mol. The van der Waals surface area contributed by atoms with Gasteiger partial charge in [-0.3, -0.25) is 0 Å². The summed E-state index contributed by atoms with van der Waals surface area (Å²) in [6.45, 7) is 0. The lowest BCUT2D eigenvalue weighted by Gasteiger charge is -1.97. The molecule has 1 rings (SSSR count). The highest BCUT2D eigenvalue weighted by Gasteiger charge is 2.14. The molecule has 0 heterocycles. The molecule has 68 valence electrons. The summed E-state index contributed by atoms with van der Waals surface area (Å²) in [5.41, 5.74) is 0. The maximum Gasteiger partial charge on any atom is 0.243 e. The Morgan fingerprint density at radius 3 is 2.31 bits per heavy atom. The fourth-order valence-electron chi connectivity index (χ4n) is 0.698. The Balaban J connectivity index is 3.11. The zero-order chi connectivity index (χ0) is 9.90. The van der Waals surface area contributed by atoms with Crippen LogP contribution in [0.4, 0.5) is 0 Å². The van der Waals surface area contributed by atoms with Gasteiger partial charge in [0.05, 0.1) is 15.7 Å². The molecule has 0 aliphatic carbocycles. The summed E-state index contributed by atoms with van der Waals surface area (Å²) < 4.78 is 22.5. The second kappa shape index (κ2) is 4.01. The van der Waals surface area contributed by atoms with Crippen LogP contribution >= 0.6 is 22.4 Å². The number of nitriles is 1. The first-order valence-corrected chi connectivity index (χ1v) is 6.34. The van der Waals surface area contributed by atoms with Gasteiger partial charge < -0.3 is 0 Å². The Kier molecular flexibility index (Phi) is 3.20. The second-order valence-corrected chi connectivity index (χ2v) is 6.06. The minimum atomic E-state index is -3.53. The molecule has 0 aromatic heterocycles. The van der Waals surface area contributed by atoms with E-state index in [1.54, 1.807) is 0 Å². The number of benzene rings is 1. The van der Waals surface area contributed by atoms with Crippen molar-refractivity contribution in [3.05, 3.63) is 29.3 Å². The molecule has 13 heavy (non-hydrogen) atoms. The Hall–Kier alpha value is -0.700. The highest BCUT2D eigenvalue weighted by molar-refractivity contribution is 8.73. The van der Waals surface area contributed by atoms with E-state index in [-0.39, 0.29) is 15.7 Å². The molecule has 3 nitrogen and oxygen atoms in total. The van der Waals surface area contributed by atoms with Crippen LogP contribution in [-0.2, 0) is 8.87 Å². The van der Waals surface area contributed by atoms with Gasteiger partial charge >= 0.3 is 0 Å². The number of thiocyanates is 1. The molecule has 0 bridgehead atoms. The van der Waals surface area contributed by atoms with E-state index < -0.39 is 8.87 Å². The van der Waals surface area contributed by atoms with Gasteiger partial charge in [-0.1, -0.05) is 11.6 Å². The molecule has 0 aliphatic heterocycles. The van der Waals surface area contributed by atoms with Gasteiger partial charge in [0.25, 0.3) is 0 Å². The van der Waals surface area contributed by atoms with Crippen LogP contribution in [-0.4, -0.2) is 8.42 Å². The van der Waals surface area contributed by atoms with Crippen molar-refractivity contribution in [1.82, 2.24) is 0 Å². The molecule has 0 aliphatic rings. The van der Waals surface area contributed by atoms with Crippen molar-refractivity contribution in [3.63, 3.8) is 0 Å². The monoisotopic (exact) mass is 233 g/mol. The molecule has 1 aromatic carbocycles. The molecule has 0 fully saturated rings. The zero-order valence-electron chi connectivity index (χ0n) is 6.27. The number of rotatable bonds is 2. The summed E-state index contributed by atoms with van der Waals surface area (Å²) in [6, 6.07) is 5.66. The van der Waals surface area contributed by atoms with Gasteiger partial charge in [0.1, 0.15) is 5.40 Å². The summed E-state index contributed by atoms with van der Waals surface area (Å²) >= 11 is 5.57. The summed E-state index contributed by atoms with van der Waals surface area (Å²) in [7, 11) is -3.30. The molecule has 0 saturated heterocycles. The fraction of sp³-hybridized carbons (Fsp3) is 0. The Morgan fingerprint density at radius 1 is 1.31 bits per heavy atom. The number of hydrogen-bond donors (Lipinski definition) is 0. The highest BCUT2D eigenvalue weighted by Crippen LogP contribution is 2.23. The largest absolute Gasteiger partial charge is 0.243 e. The minimum Gasteiger partial charge on any atom is -0.211 e. The summed E-state index contributed by atoms with van der Waals surface area (Å²) in [5, 5.41) is 10.2. The van der Waals surface area contributed by atoms with E-state index >= 15 is 0 Å². The van der Waals surface area contributed by atoms with Crippen LogP contribution in [0.15, 0.2) is 29.2 Å². The van der Waals surface area contributed by atoms with Crippen LogP contribution in [0, 0.1) is 10.7 Å². The van der Waals surface area contributed by atoms with Gasteiger partial charge in [-0.15, -0.1) is 0 Å². The first-order chi connectivity index (χ1) is 6.06. The third kappa shape index (κ3) is 2.62. The molecule has 6 heteroatoms. The van der Waals surface area contributed by atoms with Gasteiger partial charge in [0.2, 0.25) is 8.87 Å². The van der Waals surface area contributed by atoms with Crippen molar-refractivity contribution in [2.75, 3.05) is 0 Å². The molecule has 0 amide bonds. The van der Waals surface area contributed by atoms with E-state index in [1.807, 2.05) is 0 Å². The normalized spacial score (nSPS) is 10.8. The van der Waals surface area contributed by atoms with Crippen LogP contribution in [0.3, 0.4) is 0 Å². The van der Waals surface area contributed by atoms with E-state index in [0.29, 0.717) is 5.02 Å². The average Bonchev–Trinajstić information content (AvgIpc) is 2.05. The van der Waals surface area contributed by atoms with Gasteiger partial charge in [-0.25, -0.2) is 8.42 Å². The Morgan fingerprint density at radius 2 is 1.85 bits per heavy atom. The molecular weight excluding hydrogens is 230 g/mol. The van der Waals surface area contributed by atoms with Gasteiger partial charge in [-0.2, -0.15) is 5.26 Å². The maximum absolute atomic E-state index is 11.2. The topological polar surface area (TPSA) is 57.9 Å². The molecule has 0 unspecified atom stereocenters. The predicted molar refractivity (Wildman–Crippen MR) is 51.8 cm³/mol. The van der Waals surface area contributed by atoms with Crippen molar-refractivity contribution in [1.29, 1.82) is 5.26 Å². The molecule has 0 saturated carbocycles. The van der Waals surface area contributed by atoms with E-state index in [0.717, 1.165) is 0 Å². The van der Waals surface area contributed by atoms with Crippen molar-refractivity contribution in [2.45, 2.75) is 4.90 Å². The Bertz CT molecular complexity index is 433. The van der Waals surface area contributed by atoms with Gasteiger partial charge in [-0.05, 0) is 24.3 Å². The van der Waals surface area contributed by atoms with Crippen molar-refractivity contribution in [2.24, 2.45) is 0 Å². The van der Waals surface area contributed by atoms with E-state index in [4.69, 9.17) is 16.9 Å². The quantitative estimate of drug-likeness (QED) is 0.581. The van der Waals surface area contributed by atoms with Crippen LogP contribution in [0.25, 0.3) is 0 Å². The maximum atomic E-state index is 11.2. The van der Waals surface area contributed by atoms with E-state index in [9.17, 15) is 8.42 Å². The smallest absolute Gasteiger partial charge is 0.211 e. The van der Waals surface area contributed by atoms with E-state index in [1.165, 1.54) is 29.7 Å². The highest BCUT2D eigenvalue weighted by atomic mass is 35.5. The summed E-state index contributed by atoms with van der Waals surface area (Å²) in [6.07, 6.45) is 0. The molecule has 1 aromatic rings. The standard InChI is InChI=1S/C7H4ClNO2S2/c8-6-1-3-7(4-2-6)13(10,11)12-5-9/h1-4H. The van der Waals surface area contributed by atoms with Crippen LogP contribution in [0.1, 0.15) is 0 Å². The molecule has 0 spiro atoms. The van der Waals surface area contributed by atoms with E-state index in [2.05, 4.69) is 0 Å². The third-order valence-electron chi connectivity index (χ3n) is 1.25. The first-order valence-electron chi connectivity index (χ1n) is 3.14. The van der Waals surface area contributed by atoms with Gasteiger partial charge in [0, 0.05) is 5.02 Å². The number of hydrogen-bond acceptors (Lipinski definition) is 4. The predicted octanol–water partition coefficient (Wildman–Crippen LogP) is 2.24. The third-order valence-corrected chi connectivity index (χ3v) is 4.10. The van der Waals surface area contributed by atoms with Crippen LogP contribution in [0.2, 0.25) is 5.02 Å². The van der Waals surface area contributed by atoms with Gasteiger partial charge in [0.15, 0.2) is 0 Å². The summed E-state index contributed by atoms with van der Waals surface area (Å²) in [5.74, 6) is 0. The number of nitrogens with zero attached hydrogens (tertiary/aromatic N) is 1. The lowest BCUT2D eigenvalue weighted by molar-refractivity contribution is 0.610. The molecule has 0 atom stereocenters. The Labute approximate surface area is 84.6 Å². The lowest BCUT2D eigenvalue weighted by atomic mass is 10.4. The second-order valence-electron chi connectivity index (χ2n) is 2.08. The fourth-order valence-corrected chi connectivity index (χ4v) is 2.40. The lowest BCUT2D eigenvalue weighted by Crippen LogP contribution is -1.92. The SMILES string of the molecule is N#CSS(=O)(=O)c1ccc(Cl)cc1.